The normalized spacial score (nSPS) is 20.1. The maximum absolute atomic E-state index is 12.3. The SMILES string of the molecule is CN(C)S(=O)(=O)N1CCc2nc(NC(=O)C3CCCCC3)sc2C1. The molecule has 0 spiro atoms. The van der Waals surface area contributed by atoms with Crippen molar-refractivity contribution < 1.29 is 13.2 Å². The Morgan fingerprint density at radius 1 is 1.29 bits per heavy atom. The van der Waals surface area contributed by atoms with Crippen LogP contribution in [0.3, 0.4) is 0 Å². The number of anilines is 1. The van der Waals surface area contributed by atoms with Crippen molar-refractivity contribution in [2.24, 2.45) is 5.92 Å². The van der Waals surface area contributed by atoms with E-state index in [1.54, 1.807) is 0 Å². The van der Waals surface area contributed by atoms with Gasteiger partial charge >= 0.3 is 0 Å². The molecule has 1 saturated carbocycles. The lowest BCUT2D eigenvalue weighted by molar-refractivity contribution is -0.120. The maximum Gasteiger partial charge on any atom is 0.281 e. The van der Waals surface area contributed by atoms with Gasteiger partial charge in [-0.05, 0) is 12.8 Å². The summed E-state index contributed by atoms with van der Waals surface area (Å²) < 4.78 is 27.2. The fourth-order valence-electron chi connectivity index (χ4n) is 3.23. The molecule has 2 aliphatic rings. The second-order valence-corrected chi connectivity index (χ2v) is 9.81. The van der Waals surface area contributed by atoms with Crippen LogP contribution in [0.4, 0.5) is 5.13 Å². The number of nitrogens with zero attached hydrogens (tertiary/aromatic N) is 3. The Kier molecular flexibility index (Phi) is 5.24. The molecule has 0 saturated heterocycles. The fraction of sp³-hybridized carbons (Fsp3) is 0.733. The third kappa shape index (κ3) is 3.63. The number of carbonyl (C=O) groups excluding carboxylic acids is 1. The van der Waals surface area contributed by atoms with Crippen molar-refractivity contribution in [2.75, 3.05) is 26.0 Å². The van der Waals surface area contributed by atoms with Gasteiger partial charge in [-0.2, -0.15) is 17.0 Å². The number of thiazole rings is 1. The van der Waals surface area contributed by atoms with Crippen LogP contribution in [-0.4, -0.2) is 48.6 Å². The molecule has 3 rings (SSSR count). The fourth-order valence-corrected chi connectivity index (χ4v) is 5.41. The first-order chi connectivity index (χ1) is 11.4. The first-order valence-corrected chi connectivity index (χ1v) is 10.6. The Hall–Kier alpha value is -1.03. The van der Waals surface area contributed by atoms with Crippen LogP contribution in [0.25, 0.3) is 0 Å². The van der Waals surface area contributed by atoms with Crippen LogP contribution in [0, 0.1) is 5.92 Å². The van der Waals surface area contributed by atoms with Gasteiger partial charge in [-0.25, -0.2) is 4.98 Å². The van der Waals surface area contributed by atoms with Crippen LogP contribution >= 0.6 is 11.3 Å². The molecule has 1 aliphatic carbocycles. The summed E-state index contributed by atoms with van der Waals surface area (Å²) in [6.07, 6.45) is 5.93. The maximum atomic E-state index is 12.3. The zero-order valence-corrected chi connectivity index (χ0v) is 15.8. The Labute approximate surface area is 147 Å². The molecule has 1 fully saturated rings. The van der Waals surface area contributed by atoms with Gasteiger partial charge in [-0.1, -0.05) is 19.3 Å². The van der Waals surface area contributed by atoms with E-state index in [2.05, 4.69) is 10.3 Å². The van der Waals surface area contributed by atoms with E-state index in [1.165, 1.54) is 40.5 Å². The van der Waals surface area contributed by atoms with Crippen LogP contribution in [0.15, 0.2) is 0 Å². The van der Waals surface area contributed by atoms with E-state index in [-0.39, 0.29) is 11.8 Å². The quantitative estimate of drug-likeness (QED) is 0.874. The van der Waals surface area contributed by atoms with E-state index in [0.717, 1.165) is 36.3 Å². The molecule has 0 bridgehead atoms. The molecular weight excluding hydrogens is 348 g/mol. The van der Waals surface area contributed by atoms with Gasteiger partial charge in [0.2, 0.25) is 5.91 Å². The Morgan fingerprint density at radius 3 is 2.67 bits per heavy atom. The van der Waals surface area contributed by atoms with E-state index < -0.39 is 10.2 Å². The van der Waals surface area contributed by atoms with E-state index in [1.807, 2.05) is 0 Å². The highest BCUT2D eigenvalue weighted by molar-refractivity contribution is 7.86. The van der Waals surface area contributed by atoms with Gasteiger partial charge in [0.05, 0.1) is 12.2 Å². The average molecular weight is 373 g/mol. The predicted octanol–water partition coefficient (Wildman–Crippen LogP) is 1.83. The van der Waals surface area contributed by atoms with Crippen LogP contribution in [-0.2, 0) is 28.0 Å². The number of hydrogen-bond acceptors (Lipinski definition) is 5. The summed E-state index contributed by atoms with van der Waals surface area (Å²) in [6.45, 7) is 0.750. The lowest BCUT2D eigenvalue weighted by atomic mass is 9.89. The van der Waals surface area contributed by atoms with E-state index >= 15 is 0 Å². The van der Waals surface area contributed by atoms with Gasteiger partial charge in [0.25, 0.3) is 10.2 Å². The zero-order chi connectivity index (χ0) is 17.3. The first kappa shape index (κ1) is 17.8. The number of nitrogens with one attached hydrogen (secondary N) is 1. The summed E-state index contributed by atoms with van der Waals surface area (Å²) in [4.78, 5) is 17.8. The number of amides is 1. The number of rotatable bonds is 4. The summed E-state index contributed by atoms with van der Waals surface area (Å²) >= 11 is 1.39. The van der Waals surface area contributed by atoms with Crippen molar-refractivity contribution in [3.63, 3.8) is 0 Å². The predicted molar refractivity (Wildman–Crippen MR) is 94.0 cm³/mol. The highest BCUT2D eigenvalue weighted by Gasteiger charge is 2.31. The molecule has 24 heavy (non-hydrogen) atoms. The second-order valence-electron chi connectivity index (χ2n) is 6.59. The number of hydrogen-bond donors (Lipinski definition) is 1. The molecule has 1 aliphatic heterocycles. The largest absolute Gasteiger partial charge is 0.302 e. The highest BCUT2D eigenvalue weighted by Crippen LogP contribution is 2.31. The van der Waals surface area contributed by atoms with Crippen molar-refractivity contribution in [3.05, 3.63) is 10.6 Å². The standard InChI is InChI=1S/C15H24N4O3S2/c1-18(2)24(21,22)19-9-8-12-13(10-19)23-15(16-12)17-14(20)11-6-4-3-5-7-11/h11H,3-10H2,1-2H3,(H,16,17,20). The van der Waals surface area contributed by atoms with Crippen LogP contribution < -0.4 is 5.32 Å². The van der Waals surface area contributed by atoms with Gasteiger partial charge in [-0.15, -0.1) is 11.3 Å². The van der Waals surface area contributed by atoms with Crippen molar-refractivity contribution in [1.29, 1.82) is 0 Å². The molecule has 134 valence electrons. The molecule has 2 heterocycles. The number of aromatic nitrogens is 1. The van der Waals surface area contributed by atoms with Gasteiger partial charge in [0.15, 0.2) is 5.13 Å². The third-order valence-corrected chi connectivity index (χ3v) is 7.57. The molecule has 0 unspecified atom stereocenters. The van der Waals surface area contributed by atoms with E-state index in [0.29, 0.717) is 24.6 Å². The minimum atomic E-state index is -3.42. The Bertz CT molecular complexity index is 708. The van der Waals surface area contributed by atoms with Crippen LogP contribution in [0.5, 0.6) is 0 Å². The molecule has 1 amide bonds. The van der Waals surface area contributed by atoms with Gasteiger partial charge in [0, 0.05) is 37.9 Å². The molecule has 1 aromatic rings. The molecule has 9 heteroatoms. The third-order valence-electron chi connectivity index (χ3n) is 4.69. The second kappa shape index (κ2) is 7.07. The first-order valence-electron chi connectivity index (χ1n) is 8.35. The summed E-state index contributed by atoms with van der Waals surface area (Å²) in [5.74, 6) is 0.142. The smallest absolute Gasteiger partial charge is 0.281 e. The summed E-state index contributed by atoms with van der Waals surface area (Å²) in [7, 11) is -0.345. The zero-order valence-electron chi connectivity index (χ0n) is 14.1. The van der Waals surface area contributed by atoms with Crippen molar-refractivity contribution in [2.45, 2.75) is 45.1 Å². The molecular formula is C15H24N4O3S2. The lowest BCUT2D eigenvalue weighted by Crippen LogP contribution is -2.42. The molecule has 7 nitrogen and oxygen atoms in total. The summed E-state index contributed by atoms with van der Waals surface area (Å²) in [5, 5.41) is 3.53. The van der Waals surface area contributed by atoms with Crippen molar-refractivity contribution in [1.82, 2.24) is 13.6 Å². The molecule has 1 aromatic heterocycles. The summed E-state index contributed by atoms with van der Waals surface area (Å²) in [6, 6.07) is 0. The Morgan fingerprint density at radius 2 is 2.00 bits per heavy atom. The monoisotopic (exact) mass is 372 g/mol. The molecule has 0 radical (unpaired) electrons. The van der Waals surface area contributed by atoms with E-state index in [4.69, 9.17) is 0 Å². The average Bonchev–Trinajstić information content (AvgIpc) is 2.96. The van der Waals surface area contributed by atoms with Gasteiger partial charge in [0.1, 0.15) is 0 Å². The minimum absolute atomic E-state index is 0.0542. The Balaban J connectivity index is 1.68. The van der Waals surface area contributed by atoms with Crippen molar-refractivity contribution >= 4 is 32.6 Å². The topological polar surface area (TPSA) is 82.6 Å². The van der Waals surface area contributed by atoms with Crippen LogP contribution in [0.2, 0.25) is 0 Å². The number of carbonyl (C=O) groups is 1. The lowest BCUT2D eigenvalue weighted by Gasteiger charge is -2.27. The highest BCUT2D eigenvalue weighted by atomic mass is 32.2. The molecule has 1 N–H and O–H groups in total. The minimum Gasteiger partial charge on any atom is -0.302 e. The van der Waals surface area contributed by atoms with E-state index in [9.17, 15) is 13.2 Å². The van der Waals surface area contributed by atoms with Gasteiger partial charge < -0.3 is 5.32 Å². The number of fused-ring (bicyclic) bond motifs is 1. The van der Waals surface area contributed by atoms with Crippen LogP contribution in [0.1, 0.15) is 42.7 Å². The van der Waals surface area contributed by atoms with Crippen molar-refractivity contribution in [3.8, 4) is 0 Å². The summed E-state index contributed by atoms with van der Waals surface area (Å²) in [5.41, 5.74) is 0.907. The van der Waals surface area contributed by atoms with Gasteiger partial charge in [-0.3, -0.25) is 4.79 Å². The molecule has 0 atom stereocenters. The molecule has 0 aromatic carbocycles.